The van der Waals surface area contributed by atoms with Crippen LogP contribution in [-0.4, -0.2) is 32.6 Å². The first-order chi connectivity index (χ1) is 13.3. The molecule has 0 heterocycles. The van der Waals surface area contributed by atoms with Gasteiger partial charge in [-0.15, -0.1) is 0 Å². The molecule has 0 fully saturated rings. The Morgan fingerprint density at radius 1 is 0.931 bits per heavy atom. The quantitative estimate of drug-likeness (QED) is 0.297. The lowest BCUT2D eigenvalue weighted by atomic mass is 9.96. The van der Waals surface area contributed by atoms with Crippen LogP contribution in [0, 0.1) is 5.41 Å². The van der Waals surface area contributed by atoms with Crippen LogP contribution in [0.15, 0.2) is 33.8 Å². The highest BCUT2D eigenvalue weighted by Gasteiger charge is 2.32. The fourth-order valence-corrected chi connectivity index (χ4v) is 2.62. The summed E-state index contributed by atoms with van der Waals surface area (Å²) in [6.07, 6.45) is -2.37. The zero-order chi connectivity index (χ0) is 22.2. The molecule has 0 amide bonds. The molecule has 1 rings (SSSR count). The molecule has 0 unspecified atom stereocenters. The fraction of sp³-hybridized carbons (Fsp3) is 0.444. The molecule has 0 saturated heterocycles. The summed E-state index contributed by atoms with van der Waals surface area (Å²) < 4.78 is 53.3. The van der Waals surface area contributed by atoms with Gasteiger partial charge in [-0.3, -0.25) is 0 Å². The van der Waals surface area contributed by atoms with Crippen molar-refractivity contribution in [2.24, 2.45) is 5.41 Å². The van der Waals surface area contributed by atoms with Crippen LogP contribution >= 0.6 is 58.0 Å². The van der Waals surface area contributed by atoms with Crippen LogP contribution in [0.25, 0.3) is 0 Å². The largest absolute Gasteiger partial charge is 0.490 e. The molecule has 0 spiro atoms. The summed E-state index contributed by atoms with van der Waals surface area (Å²) in [5.74, 6) is 0.647. The minimum Gasteiger partial charge on any atom is -0.490 e. The molecule has 0 saturated carbocycles. The van der Waals surface area contributed by atoms with Crippen LogP contribution < -0.4 is 9.47 Å². The highest BCUT2D eigenvalue weighted by molar-refractivity contribution is 6.55. The van der Waals surface area contributed by atoms with Gasteiger partial charge < -0.3 is 14.2 Å². The van der Waals surface area contributed by atoms with E-state index in [-0.39, 0.29) is 46.7 Å². The van der Waals surface area contributed by atoms with Crippen LogP contribution in [-0.2, 0) is 4.74 Å². The Kier molecular flexibility index (Phi) is 10.8. The molecule has 0 radical (unpaired) electrons. The first-order valence-corrected chi connectivity index (χ1v) is 9.97. The van der Waals surface area contributed by atoms with Gasteiger partial charge in [0.2, 0.25) is 0 Å². The number of ether oxygens (including phenoxy) is 3. The summed E-state index contributed by atoms with van der Waals surface area (Å²) in [5.41, 5.74) is -0.539. The van der Waals surface area contributed by atoms with Crippen molar-refractivity contribution in [3.05, 3.63) is 43.9 Å². The van der Waals surface area contributed by atoms with Crippen molar-refractivity contribution in [1.82, 2.24) is 0 Å². The number of hydrogen-bond donors (Lipinski definition) is 0. The van der Waals surface area contributed by atoms with Crippen molar-refractivity contribution in [2.45, 2.75) is 20.0 Å². The lowest BCUT2D eigenvalue weighted by Gasteiger charge is -2.25. The molecule has 11 heteroatoms. The van der Waals surface area contributed by atoms with E-state index in [1.54, 1.807) is 0 Å². The predicted molar refractivity (Wildman–Crippen MR) is 112 cm³/mol. The van der Waals surface area contributed by atoms with Crippen LogP contribution in [0.3, 0.4) is 0 Å². The Bertz CT molecular complexity index is 722. The Labute approximate surface area is 192 Å². The van der Waals surface area contributed by atoms with Crippen molar-refractivity contribution in [3.63, 3.8) is 0 Å². The Morgan fingerprint density at radius 3 is 2.03 bits per heavy atom. The van der Waals surface area contributed by atoms with Gasteiger partial charge in [-0.2, -0.15) is 13.2 Å². The molecule has 0 bridgehead atoms. The minimum absolute atomic E-state index is 0.0720. The highest BCUT2D eigenvalue weighted by Crippen LogP contribution is 2.38. The summed E-state index contributed by atoms with van der Waals surface area (Å²) in [4.78, 5) is 0. The van der Waals surface area contributed by atoms with E-state index in [0.29, 0.717) is 5.75 Å². The van der Waals surface area contributed by atoms with Gasteiger partial charge in [-0.25, -0.2) is 0 Å². The average Bonchev–Trinajstić information content (AvgIpc) is 2.56. The summed E-state index contributed by atoms with van der Waals surface area (Å²) in [6.45, 7) is 3.73. The summed E-state index contributed by atoms with van der Waals surface area (Å²) >= 11 is 28.5. The predicted octanol–water partition coefficient (Wildman–Crippen LogP) is 7.80. The maximum absolute atomic E-state index is 12.3. The molecule has 0 atom stereocenters. The van der Waals surface area contributed by atoms with E-state index in [0.717, 1.165) is 6.08 Å². The molecule has 0 aromatic heterocycles. The second-order valence-corrected chi connectivity index (χ2v) is 8.77. The number of halogens is 8. The van der Waals surface area contributed by atoms with Gasteiger partial charge in [0.05, 0.1) is 29.9 Å². The van der Waals surface area contributed by atoms with Crippen molar-refractivity contribution < 1.29 is 27.4 Å². The molecular formula is C18H18Cl5F3O3. The zero-order valence-electron chi connectivity index (χ0n) is 15.4. The van der Waals surface area contributed by atoms with Crippen molar-refractivity contribution >= 4 is 58.0 Å². The van der Waals surface area contributed by atoms with Gasteiger partial charge in [-0.05, 0) is 12.2 Å². The first-order valence-electron chi connectivity index (χ1n) is 8.08. The smallest absolute Gasteiger partial charge is 0.426 e. The van der Waals surface area contributed by atoms with Crippen molar-refractivity contribution in [3.8, 4) is 11.5 Å². The average molecular weight is 517 g/mol. The van der Waals surface area contributed by atoms with Crippen molar-refractivity contribution in [2.75, 3.05) is 26.4 Å². The number of benzene rings is 1. The topological polar surface area (TPSA) is 27.7 Å². The van der Waals surface area contributed by atoms with Gasteiger partial charge in [-0.1, -0.05) is 71.9 Å². The Morgan fingerprint density at radius 2 is 1.52 bits per heavy atom. The lowest BCUT2D eigenvalue weighted by molar-refractivity contribution is -0.0852. The van der Waals surface area contributed by atoms with Crippen LogP contribution in [0.4, 0.5) is 13.2 Å². The van der Waals surface area contributed by atoms with E-state index in [2.05, 4.69) is 0 Å². The fourth-order valence-electron chi connectivity index (χ4n) is 1.85. The minimum atomic E-state index is -4.58. The van der Waals surface area contributed by atoms with Gasteiger partial charge in [0.1, 0.15) is 21.9 Å². The maximum atomic E-state index is 12.3. The summed E-state index contributed by atoms with van der Waals surface area (Å²) in [6, 6.07) is 3.04. The molecule has 1 aromatic carbocycles. The van der Waals surface area contributed by atoms with Crippen LogP contribution in [0.2, 0.25) is 10.0 Å². The van der Waals surface area contributed by atoms with Gasteiger partial charge in [0.25, 0.3) is 0 Å². The van der Waals surface area contributed by atoms with Gasteiger partial charge in [0.15, 0.2) is 5.75 Å². The van der Waals surface area contributed by atoms with Crippen LogP contribution in [0.5, 0.6) is 11.5 Å². The zero-order valence-corrected chi connectivity index (χ0v) is 19.2. The first kappa shape index (κ1) is 26.5. The maximum Gasteiger partial charge on any atom is 0.426 e. The molecule has 0 aliphatic carbocycles. The normalized spacial score (nSPS) is 12.7. The standard InChI is InChI=1S/C18H18Cl5F3O3/c1-17(2,9-27-5-3-14(21)18(24,25)26)10-29-16-12(19)7-11(8-13(16)20)28-6-4-15(22)23/h3-4,7-8H,5-6,9-10H2,1-2H3. The molecule has 0 N–H and O–H groups in total. The van der Waals surface area contributed by atoms with Crippen LogP contribution in [0.1, 0.15) is 13.8 Å². The van der Waals surface area contributed by atoms with Gasteiger partial charge in [0, 0.05) is 17.5 Å². The molecule has 164 valence electrons. The number of hydrogen-bond acceptors (Lipinski definition) is 3. The summed E-state index contributed by atoms with van der Waals surface area (Å²) in [5, 5.41) is -0.772. The molecule has 0 aliphatic heterocycles. The van der Waals surface area contributed by atoms with Gasteiger partial charge >= 0.3 is 6.18 Å². The number of alkyl halides is 3. The monoisotopic (exact) mass is 514 g/mol. The lowest BCUT2D eigenvalue weighted by Crippen LogP contribution is -2.27. The third-order valence-corrected chi connectivity index (χ3v) is 4.45. The third-order valence-electron chi connectivity index (χ3n) is 3.21. The molecular weight excluding hydrogens is 498 g/mol. The second-order valence-electron chi connectivity index (χ2n) is 6.54. The number of allylic oxidation sites excluding steroid dienone is 1. The van der Waals surface area contributed by atoms with E-state index in [4.69, 9.17) is 72.2 Å². The third kappa shape index (κ3) is 10.4. The SMILES string of the molecule is CC(C)(COCC=C(Cl)C(F)(F)F)COc1c(Cl)cc(OCC=C(Cl)Cl)cc1Cl. The van der Waals surface area contributed by atoms with E-state index in [1.807, 2.05) is 13.8 Å². The number of rotatable bonds is 10. The molecule has 1 aromatic rings. The van der Waals surface area contributed by atoms with E-state index in [1.165, 1.54) is 18.2 Å². The Balaban J connectivity index is 2.61. The van der Waals surface area contributed by atoms with E-state index >= 15 is 0 Å². The molecule has 0 aliphatic rings. The van der Waals surface area contributed by atoms with E-state index < -0.39 is 16.6 Å². The van der Waals surface area contributed by atoms with E-state index in [9.17, 15) is 13.2 Å². The molecule has 29 heavy (non-hydrogen) atoms. The van der Waals surface area contributed by atoms with Crippen molar-refractivity contribution in [1.29, 1.82) is 0 Å². The Hall–Kier alpha value is -0.500. The summed E-state index contributed by atoms with van der Waals surface area (Å²) in [7, 11) is 0. The highest BCUT2D eigenvalue weighted by atomic mass is 35.5. The second kappa shape index (κ2) is 11.8. The molecule has 3 nitrogen and oxygen atoms in total.